The molecule has 0 atom stereocenters. The second-order valence-corrected chi connectivity index (χ2v) is 24.0. The molecule has 8 aromatic carbocycles. The molecule has 6 aliphatic rings. The quantitative estimate of drug-likeness (QED) is 0.152. The molecule has 0 aliphatic heterocycles. The topological polar surface area (TPSA) is 45.5 Å². The fourth-order valence-electron chi connectivity index (χ4n) is 15.7. The van der Waals surface area contributed by atoms with Gasteiger partial charge in [0.15, 0.2) is 0 Å². The third-order valence-electron chi connectivity index (χ3n) is 18.6. The zero-order chi connectivity index (χ0) is 48.3. The molecule has 4 heteroatoms. The molecule has 19 rings (SSSR count). The van der Waals surface area contributed by atoms with E-state index in [-0.39, 0.29) is 34.5 Å². The Morgan fingerprint density at radius 2 is 0.792 bits per heavy atom. The number of aryl methyl sites for hydroxylation is 2. The molecule has 0 N–H and O–H groups in total. The predicted molar refractivity (Wildman–Crippen MR) is 295 cm³/mol. The third kappa shape index (κ3) is 4.32. The van der Waals surface area contributed by atoms with E-state index in [2.05, 4.69) is 204 Å². The van der Waals surface area contributed by atoms with Crippen LogP contribution in [0.1, 0.15) is 160 Å². The molecule has 4 bridgehead atoms. The van der Waals surface area contributed by atoms with Gasteiger partial charge in [-0.2, -0.15) is 5.26 Å². The first-order valence-electron chi connectivity index (χ1n) is 26.0. The van der Waals surface area contributed by atoms with Crippen molar-refractivity contribution in [2.75, 3.05) is 0 Å². The molecule has 0 radical (unpaired) electrons. The minimum absolute atomic E-state index is 0.00414. The zero-order valence-electron chi connectivity index (χ0n) is 41.8. The number of pyridine rings is 1. The van der Waals surface area contributed by atoms with Crippen molar-refractivity contribution in [3.63, 3.8) is 0 Å². The van der Waals surface area contributed by atoms with Gasteiger partial charge in [-0.1, -0.05) is 139 Å². The molecule has 342 valence electrons. The van der Waals surface area contributed by atoms with E-state index in [0.717, 1.165) is 11.1 Å². The number of nitrogens with zero attached hydrogens (tertiary/aromatic N) is 4. The van der Waals surface area contributed by atoms with Crippen LogP contribution in [0, 0.1) is 25.2 Å². The monoisotopic (exact) mass is 922 g/mol. The number of rotatable bonds is 0. The highest BCUT2D eigenvalue weighted by atomic mass is 15.0. The molecule has 0 saturated carbocycles. The summed E-state index contributed by atoms with van der Waals surface area (Å²) in [7, 11) is 0. The lowest BCUT2D eigenvalue weighted by Crippen LogP contribution is -2.28. The summed E-state index contributed by atoms with van der Waals surface area (Å²) in [6.45, 7) is 19.0. The molecule has 5 aromatic heterocycles. The van der Waals surface area contributed by atoms with Crippen molar-refractivity contribution in [2.45, 2.75) is 89.9 Å². The Labute approximate surface area is 417 Å². The number of hydrogen-bond acceptors (Lipinski definition) is 2. The van der Waals surface area contributed by atoms with Crippen LogP contribution in [0.15, 0.2) is 134 Å². The number of hydrogen-bond donors (Lipinski definition) is 0. The minimum atomic E-state index is -0.115. The molecule has 0 amide bonds. The van der Waals surface area contributed by atoms with Gasteiger partial charge in [0.2, 0.25) is 0 Å². The molecule has 13 aromatic rings. The summed E-state index contributed by atoms with van der Waals surface area (Å²) in [5.74, 6) is 0.233. The maximum atomic E-state index is 11.4. The van der Waals surface area contributed by atoms with Crippen molar-refractivity contribution in [2.24, 2.45) is 0 Å². The Bertz CT molecular complexity index is 4670. The van der Waals surface area contributed by atoms with Gasteiger partial charge in [0.25, 0.3) is 0 Å². The van der Waals surface area contributed by atoms with E-state index in [9.17, 15) is 5.26 Å². The third-order valence-corrected chi connectivity index (χ3v) is 18.6. The second kappa shape index (κ2) is 12.5. The van der Waals surface area contributed by atoms with E-state index in [0.29, 0.717) is 0 Å². The van der Waals surface area contributed by atoms with Crippen LogP contribution in [0.25, 0.3) is 76.2 Å². The lowest BCUT2D eigenvalue weighted by molar-refractivity contribution is 0.591. The van der Waals surface area contributed by atoms with Gasteiger partial charge in [0.05, 0.1) is 62.5 Å². The van der Waals surface area contributed by atoms with Gasteiger partial charge in [-0.25, -0.2) is 0 Å². The number of nitriles is 1. The van der Waals surface area contributed by atoms with E-state index < -0.39 is 0 Å². The number of aromatic nitrogens is 3. The van der Waals surface area contributed by atoms with Crippen LogP contribution in [0.3, 0.4) is 0 Å². The molecule has 0 unspecified atom stereocenters. The van der Waals surface area contributed by atoms with Crippen LogP contribution < -0.4 is 0 Å². The van der Waals surface area contributed by atoms with Gasteiger partial charge in [0.1, 0.15) is 0 Å². The summed E-state index contributed by atoms with van der Waals surface area (Å²) >= 11 is 0. The minimum Gasteiger partial charge on any atom is -0.308 e. The van der Waals surface area contributed by atoms with E-state index in [1.165, 1.54) is 160 Å². The maximum absolute atomic E-state index is 11.4. The summed E-state index contributed by atoms with van der Waals surface area (Å²) in [6, 6.07) is 51.5. The zero-order valence-corrected chi connectivity index (χ0v) is 41.8. The highest BCUT2D eigenvalue weighted by molar-refractivity contribution is 6.32. The molecule has 4 nitrogen and oxygen atoms in total. The summed E-state index contributed by atoms with van der Waals surface area (Å²) < 4.78 is 5.23. The largest absolute Gasteiger partial charge is 0.308 e. The van der Waals surface area contributed by atoms with Crippen LogP contribution in [0.2, 0.25) is 0 Å². The summed E-state index contributed by atoms with van der Waals surface area (Å²) in [6.07, 6.45) is 2.23. The normalized spacial score (nSPS) is 18.5. The van der Waals surface area contributed by atoms with E-state index in [4.69, 9.17) is 4.98 Å². The first-order valence-corrected chi connectivity index (χ1v) is 26.0. The number of fused-ring (bicyclic) bond motifs is 12. The first kappa shape index (κ1) is 39.7. The molecule has 0 saturated heterocycles. The summed E-state index contributed by atoms with van der Waals surface area (Å²) in [5.41, 5.74) is 29.4. The Morgan fingerprint density at radius 3 is 1.21 bits per heavy atom. The Balaban J connectivity index is 1.06. The fraction of sp³-hybridized carbons (Fsp3) is 0.206. The van der Waals surface area contributed by atoms with Crippen LogP contribution in [-0.4, -0.2) is 13.8 Å². The van der Waals surface area contributed by atoms with Crippen molar-refractivity contribution in [1.82, 2.24) is 13.8 Å². The average Bonchev–Trinajstić information content (AvgIpc) is 4.13. The molecule has 0 spiro atoms. The van der Waals surface area contributed by atoms with Gasteiger partial charge in [-0.05, 0) is 138 Å². The van der Waals surface area contributed by atoms with Crippen LogP contribution in [-0.2, 0) is 10.8 Å². The van der Waals surface area contributed by atoms with Crippen LogP contribution in [0.4, 0.5) is 0 Å². The fourth-order valence-corrected chi connectivity index (χ4v) is 15.7. The molecule has 0 fully saturated rings. The van der Waals surface area contributed by atoms with Gasteiger partial charge in [-0.15, -0.1) is 0 Å². The maximum Gasteiger partial charge on any atom is 0.0995 e. The van der Waals surface area contributed by atoms with Crippen molar-refractivity contribution in [3.05, 3.63) is 228 Å². The summed E-state index contributed by atoms with van der Waals surface area (Å²) in [5, 5.41) is 21.9. The van der Waals surface area contributed by atoms with Crippen LogP contribution >= 0.6 is 0 Å². The lowest BCUT2D eigenvalue weighted by Gasteiger charge is -2.43. The van der Waals surface area contributed by atoms with Crippen molar-refractivity contribution in [1.29, 1.82) is 5.26 Å². The van der Waals surface area contributed by atoms with Gasteiger partial charge < -0.3 is 8.80 Å². The summed E-state index contributed by atoms with van der Waals surface area (Å²) in [4.78, 5) is 5.60. The van der Waals surface area contributed by atoms with Gasteiger partial charge in [-0.3, -0.25) is 4.98 Å². The molecular weight excluding hydrogens is 873 g/mol. The van der Waals surface area contributed by atoms with Crippen molar-refractivity contribution in [3.8, 4) is 6.07 Å². The Hall–Kier alpha value is -8.00. The molecule has 6 aliphatic carbocycles. The predicted octanol–water partition coefficient (Wildman–Crippen LogP) is 16.4. The molecular formula is C68H50N4. The first-order chi connectivity index (χ1) is 34.8. The Morgan fingerprint density at radius 1 is 0.431 bits per heavy atom. The molecule has 5 heterocycles. The smallest absolute Gasteiger partial charge is 0.0995 e. The van der Waals surface area contributed by atoms with Gasteiger partial charge >= 0.3 is 0 Å². The van der Waals surface area contributed by atoms with E-state index >= 15 is 0 Å². The van der Waals surface area contributed by atoms with Crippen molar-refractivity contribution >= 4 is 76.2 Å². The average molecular weight is 923 g/mol. The lowest BCUT2D eigenvalue weighted by atomic mass is 9.59. The highest BCUT2D eigenvalue weighted by Gasteiger charge is 2.46. The number of benzene rings is 8. The highest BCUT2D eigenvalue weighted by Crippen LogP contribution is 2.62. The van der Waals surface area contributed by atoms with Crippen molar-refractivity contribution < 1.29 is 0 Å². The van der Waals surface area contributed by atoms with Crippen LogP contribution in [0.5, 0.6) is 0 Å². The van der Waals surface area contributed by atoms with E-state index in [1.807, 2.05) is 0 Å². The second-order valence-electron chi connectivity index (χ2n) is 24.0. The molecule has 72 heavy (non-hydrogen) atoms. The van der Waals surface area contributed by atoms with E-state index in [1.54, 1.807) is 0 Å². The SMILES string of the molecule is Cc1c2c3cc(C(C)(C)C)cc4c5c6c(ncc5n(c2c(C)c2c5cc(C(C)(C)C)cc7c8c9c(c(C#N)cc8n(c12)c75)C1c2ccccc2C9c2ccccc21)c43)C1c2ccccc2C6c2ccccc21. The Kier molecular flexibility index (Phi) is 6.91. The standard InChI is InChI=1S/C68H50N4/c1-32-52-46-27-36(68(6,7)8)29-48-59-50(31-70-62-57-43-23-15-13-21-41(43)56(61(59)62)42-22-14-16-24-44(42)57)72(66(46)48)64(52)33(2)51-45-26-35(67(3,4)5)28-47-58-49(71(63(32)51)65(45)47)25-34(30-69)53-54-37-17-9-11-19-39(37)55(60(53)58)40-20-12-10-18-38(40)54/h9-29,31,54-57H,1-8H3. The van der Waals surface area contributed by atoms with Gasteiger partial charge in [0, 0.05) is 60.8 Å².